The molecular formula is C15H16N4O. The van der Waals surface area contributed by atoms with Crippen molar-refractivity contribution >= 4 is 0 Å². The van der Waals surface area contributed by atoms with Gasteiger partial charge in [0.1, 0.15) is 6.07 Å². The van der Waals surface area contributed by atoms with Crippen LogP contribution in [0.25, 0.3) is 0 Å². The van der Waals surface area contributed by atoms with E-state index < -0.39 is 0 Å². The van der Waals surface area contributed by atoms with Crippen molar-refractivity contribution in [1.82, 2.24) is 15.3 Å². The average Bonchev–Trinajstić information content (AvgIpc) is 2.52. The molecular weight excluding hydrogens is 252 g/mol. The van der Waals surface area contributed by atoms with Crippen LogP contribution in [0.5, 0.6) is 5.88 Å². The molecule has 0 unspecified atom stereocenters. The van der Waals surface area contributed by atoms with Gasteiger partial charge < -0.3 is 10.1 Å². The first kappa shape index (κ1) is 14.0. The molecule has 1 heterocycles. The summed E-state index contributed by atoms with van der Waals surface area (Å²) >= 11 is 0. The largest absolute Gasteiger partial charge is 0.477 e. The standard InChI is InChI=1S/C15H16N4O/c16-9-14-11-19-15(12-18-14)20-8-4-7-17-10-13-5-2-1-3-6-13/h1-3,5-6,11-12,17H,4,7-8,10H2. The van der Waals surface area contributed by atoms with Gasteiger partial charge in [-0.25, -0.2) is 9.97 Å². The van der Waals surface area contributed by atoms with Gasteiger partial charge in [-0.1, -0.05) is 30.3 Å². The number of hydrogen-bond donors (Lipinski definition) is 1. The van der Waals surface area contributed by atoms with Crippen molar-refractivity contribution in [2.45, 2.75) is 13.0 Å². The smallest absolute Gasteiger partial charge is 0.232 e. The first-order valence-corrected chi connectivity index (χ1v) is 6.48. The summed E-state index contributed by atoms with van der Waals surface area (Å²) in [6, 6.07) is 12.2. The molecule has 0 saturated heterocycles. The molecule has 20 heavy (non-hydrogen) atoms. The lowest BCUT2D eigenvalue weighted by molar-refractivity contribution is 0.295. The zero-order valence-electron chi connectivity index (χ0n) is 11.1. The zero-order valence-corrected chi connectivity index (χ0v) is 11.1. The van der Waals surface area contributed by atoms with Gasteiger partial charge in [0.15, 0.2) is 5.69 Å². The molecule has 5 nitrogen and oxygen atoms in total. The molecule has 0 fully saturated rings. The Bertz CT molecular complexity index is 548. The molecule has 0 aliphatic heterocycles. The second kappa shape index (κ2) is 7.87. The number of rotatable bonds is 7. The second-order valence-electron chi connectivity index (χ2n) is 4.22. The molecule has 0 atom stereocenters. The predicted molar refractivity (Wildman–Crippen MR) is 75.0 cm³/mol. The molecule has 0 radical (unpaired) electrons. The van der Waals surface area contributed by atoms with Gasteiger partial charge in [0.05, 0.1) is 19.0 Å². The van der Waals surface area contributed by atoms with E-state index in [1.54, 1.807) is 0 Å². The van der Waals surface area contributed by atoms with Gasteiger partial charge >= 0.3 is 0 Å². The van der Waals surface area contributed by atoms with Crippen LogP contribution in [0, 0.1) is 11.3 Å². The molecule has 2 aromatic rings. The maximum atomic E-state index is 8.59. The molecule has 5 heteroatoms. The molecule has 0 spiro atoms. The van der Waals surface area contributed by atoms with E-state index in [9.17, 15) is 0 Å². The molecule has 102 valence electrons. The summed E-state index contributed by atoms with van der Waals surface area (Å²) in [4.78, 5) is 7.87. The first-order valence-electron chi connectivity index (χ1n) is 6.48. The maximum Gasteiger partial charge on any atom is 0.232 e. The lowest BCUT2D eigenvalue weighted by Gasteiger charge is -2.06. The fraction of sp³-hybridized carbons (Fsp3) is 0.267. The van der Waals surface area contributed by atoms with E-state index in [0.29, 0.717) is 18.2 Å². The summed E-state index contributed by atoms with van der Waals surface area (Å²) < 4.78 is 5.43. The number of hydrogen-bond acceptors (Lipinski definition) is 5. The maximum absolute atomic E-state index is 8.59. The van der Waals surface area contributed by atoms with Crippen molar-refractivity contribution < 1.29 is 4.74 Å². The minimum Gasteiger partial charge on any atom is -0.477 e. The first-order chi connectivity index (χ1) is 9.88. The SMILES string of the molecule is N#Cc1cnc(OCCCNCc2ccccc2)cn1. The Morgan fingerprint density at radius 2 is 2.00 bits per heavy atom. The molecule has 1 aromatic heterocycles. The summed E-state index contributed by atoms with van der Waals surface area (Å²) in [6.45, 7) is 2.30. The highest BCUT2D eigenvalue weighted by atomic mass is 16.5. The lowest BCUT2D eigenvalue weighted by atomic mass is 10.2. The monoisotopic (exact) mass is 268 g/mol. The van der Waals surface area contributed by atoms with E-state index in [2.05, 4.69) is 27.4 Å². The minimum absolute atomic E-state index is 0.293. The highest BCUT2D eigenvalue weighted by Crippen LogP contribution is 2.03. The van der Waals surface area contributed by atoms with Crippen molar-refractivity contribution in [3.63, 3.8) is 0 Å². The van der Waals surface area contributed by atoms with Crippen LogP contribution in [0.3, 0.4) is 0 Å². The Balaban J connectivity index is 1.58. The van der Waals surface area contributed by atoms with Crippen LogP contribution in [0.4, 0.5) is 0 Å². The van der Waals surface area contributed by atoms with Gasteiger partial charge in [-0.3, -0.25) is 0 Å². The van der Waals surface area contributed by atoms with Gasteiger partial charge in [-0.05, 0) is 18.5 Å². The van der Waals surface area contributed by atoms with Crippen LogP contribution in [0.15, 0.2) is 42.7 Å². The Labute approximate surface area is 118 Å². The zero-order chi connectivity index (χ0) is 14.0. The second-order valence-corrected chi connectivity index (χ2v) is 4.22. The number of ether oxygens (including phenoxy) is 1. The number of benzene rings is 1. The van der Waals surface area contributed by atoms with Crippen molar-refractivity contribution in [2.75, 3.05) is 13.2 Å². The Morgan fingerprint density at radius 1 is 1.15 bits per heavy atom. The fourth-order valence-electron chi connectivity index (χ4n) is 1.65. The summed E-state index contributed by atoms with van der Waals surface area (Å²) in [5.41, 5.74) is 1.56. The van der Waals surface area contributed by atoms with Crippen molar-refractivity contribution in [3.05, 3.63) is 54.0 Å². The van der Waals surface area contributed by atoms with E-state index in [4.69, 9.17) is 10.00 Å². The van der Waals surface area contributed by atoms with Crippen LogP contribution in [0.2, 0.25) is 0 Å². The average molecular weight is 268 g/mol. The molecule has 0 aliphatic rings. The molecule has 1 N–H and O–H groups in total. The summed E-state index contributed by atoms with van der Waals surface area (Å²) in [7, 11) is 0. The van der Waals surface area contributed by atoms with Crippen molar-refractivity contribution in [3.8, 4) is 11.9 Å². The van der Waals surface area contributed by atoms with Crippen LogP contribution < -0.4 is 10.1 Å². The number of nitrogens with one attached hydrogen (secondary N) is 1. The van der Waals surface area contributed by atoms with Crippen LogP contribution >= 0.6 is 0 Å². The van der Waals surface area contributed by atoms with Gasteiger partial charge in [-0.15, -0.1) is 0 Å². The highest BCUT2D eigenvalue weighted by Gasteiger charge is 1.97. The lowest BCUT2D eigenvalue weighted by Crippen LogP contribution is -2.17. The summed E-state index contributed by atoms with van der Waals surface area (Å²) in [5.74, 6) is 0.451. The highest BCUT2D eigenvalue weighted by molar-refractivity contribution is 5.18. The van der Waals surface area contributed by atoms with E-state index in [1.165, 1.54) is 18.0 Å². The normalized spacial score (nSPS) is 9.95. The van der Waals surface area contributed by atoms with Gasteiger partial charge in [-0.2, -0.15) is 5.26 Å². The third-order valence-corrected chi connectivity index (χ3v) is 2.66. The van der Waals surface area contributed by atoms with E-state index >= 15 is 0 Å². The van der Waals surface area contributed by atoms with Crippen LogP contribution in [0.1, 0.15) is 17.7 Å². The Morgan fingerprint density at radius 3 is 2.70 bits per heavy atom. The molecule has 1 aromatic carbocycles. The molecule has 0 amide bonds. The van der Waals surface area contributed by atoms with Gasteiger partial charge in [0.2, 0.25) is 5.88 Å². The minimum atomic E-state index is 0.293. The van der Waals surface area contributed by atoms with E-state index in [0.717, 1.165) is 19.5 Å². The molecule has 2 rings (SSSR count). The van der Waals surface area contributed by atoms with Crippen LogP contribution in [-0.2, 0) is 6.54 Å². The van der Waals surface area contributed by atoms with Crippen molar-refractivity contribution in [1.29, 1.82) is 5.26 Å². The molecule has 0 bridgehead atoms. The topological polar surface area (TPSA) is 70.8 Å². The van der Waals surface area contributed by atoms with Crippen molar-refractivity contribution in [2.24, 2.45) is 0 Å². The summed E-state index contributed by atoms with van der Waals surface area (Å²) in [5, 5.41) is 11.9. The van der Waals surface area contributed by atoms with Gasteiger partial charge in [0, 0.05) is 6.54 Å². The predicted octanol–water partition coefficient (Wildman–Crippen LogP) is 1.91. The van der Waals surface area contributed by atoms with E-state index in [-0.39, 0.29) is 0 Å². The third kappa shape index (κ3) is 4.67. The summed E-state index contributed by atoms with van der Waals surface area (Å²) in [6.07, 6.45) is 3.76. The number of nitrogens with zero attached hydrogens (tertiary/aromatic N) is 3. The number of nitriles is 1. The molecule has 0 aliphatic carbocycles. The number of aromatic nitrogens is 2. The molecule has 0 saturated carbocycles. The fourth-order valence-corrected chi connectivity index (χ4v) is 1.65. The quantitative estimate of drug-likeness (QED) is 0.777. The van der Waals surface area contributed by atoms with E-state index in [1.807, 2.05) is 24.3 Å². The third-order valence-electron chi connectivity index (χ3n) is 2.66. The van der Waals surface area contributed by atoms with Gasteiger partial charge in [0.25, 0.3) is 0 Å². The Kier molecular flexibility index (Phi) is 5.50. The van der Waals surface area contributed by atoms with Crippen LogP contribution in [-0.4, -0.2) is 23.1 Å². The Hall–Kier alpha value is -2.45.